The summed E-state index contributed by atoms with van der Waals surface area (Å²) in [7, 11) is 0. The molecule has 2 rings (SSSR count). The minimum absolute atomic E-state index is 0.194. The van der Waals surface area contributed by atoms with Gasteiger partial charge in [-0.25, -0.2) is 0 Å². The Morgan fingerprint density at radius 1 is 1.26 bits per heavy atom. The highest BCUT2D eigenvalue weighted by Crippen LogP contribution is 2.32. The number of morpholine rings is 1. The van der Waals surface area contributed by atoms with E-state index in [0.29, 0.717) is 24.6 Å². The largest absolute Gasteiger partial charge is 0.416 e. The zero-order valence-corrected chi connectivity index (χ0v) is 14.7. The van der Waals surface area contributed by atoms with E-state index >= 15 is 0 Å². The Hall–Kier alpha value is -1.97. The van der Waals surface area contributed by atoms with Crippen LogP contribution in [-0.2, 0) is 10.9 Å². The van der Waals surface area contributed by atoms with E-state index in [2.05, 4.69) is 10.3 Å². The molecule has 0 bridgehead atoms. The third kappa shape index (κ3) is 6.60. The Labute approximate surface area is 153 Å². The maximum absolute atomic E-state index is 12.9. The van der Waals surface area contributed by atoms with Crippen molar-refractivity contribution >= 4 is 5.96 Å². The summed E-state index contributed by atoms with van der Waals surface area (Å²) in [6.45, 7) is 2.62. The summed E-state index contributed by atoms with van der Waals surface area (Å²) in [4.78, 5) is 5.69. The van der Waals surface area contributed by atoms with Crippen molar-refractivity contribution in [3.8, 4) is 0 Å². The van der Waals surface area contributed by atoms with Crippen LogP contribution < -0.4 is 5.32 Å². The number of nitrogens with one attached hydrogen (secondary N) is 1. The van der Waals surface area contributed by atoms with E-state index in [1.165, 1.54) is 12.1 Å². The lowest BCUT2D eigenvalue weighted by Gasteiger charge is -2.35. The van der Waals surface area contributed by atoms with Gasteiger partial charge in [0.2, 0.25) is 0 Å². The van der Waals surface area contributed by atoms with Gasteiger partial charge < -0.3 is 15.0 Å². The first-order valence-corrected chi connectivity index (χ1v) is 8.49. The van der Waals surface area contributed by atoms with Gasteiger partial charge >= 0.3 is 12.4 Å². The first kappa shape index (κ1) is 21.3. The van der Waals surface area contributed by atoms with Crippen molar-refractivity contribution in [2.45, 2.75) is 31.8 Å². The summed E-state index contributed by atoms with van der Waals surface area (Å²) in [5.41, 5.74) is -0.410. The molecule has 0 saturated carbocycles. The van der Waals surface area contributed by atoms with Crippen LogP contribution in [0.1, 0.15) is 30.6 Å². The van der Waals surface area contributed by atoms with Crippen molar-refractivity contribution in [2.24, 2.45) is 4.99 Å². The molecule has 1 heterocycles. The molecule has 0 radical (unpaired) electrons. The van der Waals surface area contributed by atoms with Gasteiger partial charge in [0.15, 0.2) is 5.96 Å². The van der Waals surface area contributed by atoms with Crippen LogP contribution in [0.4, 0.5) is 26.3 Å². The molecule has 0 amide bonds. The van der Waals surface area contributed by atoms with Crippen LogP contribution in [0.2, 0.25) is 0 Å². The van der Waals surface area contributed by atoms with Crippen LogP contribution in [0.25, 0.3) is 0 Å². The fraction of sp³-hybridized carbons (Fsp3) is 0.588. The van der Waals surface area contributed by atoms with Gasteiger partial charge in [-0.05, 0) is 24.6 Å². The van der Waals surface area contributed by atoms with Gasteiger partial charge in [-0.1, -0.05) is 12.1 Å². The van der Waals surface area contributed by atoms with E-state index in [4.69, 9.17) is 4.74 Å². The first-order valence-electron chi connectivity index (χ1n) is 8.49. The second-order valence-electron chi connectivity index (χ2n) is 6.03. The van der Waals surface area contributed by atoms with Crippen molar-refractivity contribution in [3.63, 3.8) is 0 Å². The van der Waals surface area contributed by atoms with Crippen molar-refractivity contribution in [1.29, 1.82) is 0 Å². The molecule has 1 aliphatic heterocycles. The van der Waals surface area contributed by atoms with E-state index < -0.39 is 37.0 Å². The lowest BCUT2D eigenvalue weighted by Crippen LogP contribution is -2.48. The fourth-order valence-corrected chi connectivity index (χ4v) is 2.67. The average molecular weight is 397 g/mol. The number of ether oxygens (including phenoxy) is 1. The van der Waals surface area contributed by atoms with Crippen molar-refractivity contribution in [2.75, 3.05) is 32.8 Å². The number of hydrogen-bond donors (Lipinski definition) is 1. The molecule has 0 aromatic heterocycles. The highest BCUT2D eigenvalue weighted by atomic mass is 19.4. The Kier molecular flexibility index (Phi) is 6.96. The maximum Gasteiger partial charge on any atom is 0.416 e. The van der Waals surface area contributed by atoms with E-state index in [9.17, 15) is 26.3 Å². The van der Waals surface area contributed by atoms with Gasteiger partial charge in [0.25, 0.3) is 0 Å². The predicted molar refractivity (Wildman–Crippen MR) is 88.4 cm³/mol. The molecule has 1 aliphatic rings. The summed E-state index contributed by atoms with van der Waals surface area (Å²) in [6, 6.07) is 4.86. The van der Waals surface area contributed by atoms with Gasteiger partial charge in [0.05, 0.1) is 31.7 Å². The van der Waals surface area contributed by atoms with Gasteiger partial charge in [-0.3, -0.25) is 4.99 Å². The van der Waals surface area contributed by atoms with E-state index in [-0.39, 0.29) is 13.2 Å². The topological polar surface area (TPSA) is 36.9 Å². The second-order valence-corrected chi connectivity index (χ2v) is 6.03. The first-order chi connectivity index (χ1) is 12.6. The maximum atomic E-state index is 12.9. The summed E-state index contributed by atoms with van der Waals surface area (Å²) < 4.78 is 81.3. The monoisotopic (exact) mass is 397 g/mol. The molecular weight excluding hydrogens is 376 g/mol. The lowest BCUT2D eigenvalue weighted by molar-refractivity contribution is -0.137. The standard InChI is InChI=1S/C17H21F6N3O/c1-2-24-15(25-7-6-16(18,19)20)26-8-9-27-14(11-26)12-4-3-5-13(10-12)17(21,22)23/h3-5,10,14H,2,6-9,11H2,1H3,(H,24,25). The molecule has 1 saturated heterocycles. The van der Waals surface area contributed by atoms with Crippen LogP contribution in [0, 0.1) is 0 Å². The quantitative estimate of drug-likeness (QED) is 0.474. The van der Waals surface area contributed by atoms with E-state index in [1.54, 1.807) is 11.8 Å². The summed E-state index contributed by atoms with van der Waals surface area (Å²) in [5.74, 6) is 0.294. The van der Waals surface area contributed by atoms with Crippen molar-refractivity contribution in [3.05, 3.63) is 35.4 Å². The van der Waals surface area contributed by atoms with Crippen molar-refractivity contribution in [1.82, 2.24) is 10.2 Å². The Morgan fingerprint density at radius 3 is 2.63 bits per heavy atom. The molecule has 1 unspecified atom stereocenters. The van der Waals surface area contributed by atoms with Crippen LogP contribution >= 0.6 is 0 Å². The zero-order chi connectivity index (χ0) is 20.1. The third-order valence-electron chi connectivity index (χ3n) is 3.94. The van der Waals surface area contributed by atoms with Crippen LogP contribution in [-0.4, -0.2) is 49.8 Å². The summed E-state index contributed by atoms with van der Waals surface area (Å²) in [5, 5.41) is 2.92. The number of halogens is 6. The molecular formula is C17H21F6N3O. The number of hydrogen-bond acceptors (Lipinski definition) is 2. The molecule has 1 fully saturated rings. The predicted octanol–water partition coefficient (Wildman–Crippen LogP) is 4.00. The Bertz CT molecular complexity index is 644. The SMILES string of the molecule is CCNC(=NCCC(F)(F)F)N1CCOC(c2cccc(C(F)(F)F)c2)C1. The normalized spacial score (nSPS) is 19.3. The summed E-state index contributed by atoms with van der Waals surface area (Å²) in [6.07, 6.45) is -10.4. The van der Waals surface area contributed by atoms with E-state index in [1.807, 2.05) is 0 Å². The minimum atomic E-state index is -4.46. The molecule has 10 heteroatoms. The molecule has 152 valence electrons. The number of rotatable bonds is 4. The molecule has 1 atom stereocenters. The van der Waals surface area contributed by atoms with Crippen molar-refractivity contribution < 1.29 is 31.1 Å². The second kappa shape index (κ2) is 8.81. The van der Waals surface area contributed by atoms with Gasteiger partial charge in [0.1, 0.15) is 6.10 Å². The highest BCUT2D eigenvalue weighted by Gasteiger charge is 2.32. The fourth-order valence-electron chi connectivity index (χ4n) is 2.67. The lowest BCUT2D eigenvalue weighted by atomic mass is 10.0. The van der Waals surface area contributed by atoms with E-state index in [0.717, 1.165) is 12.1 Å². The molecule has 4 nitrogen and oxygen atoms in total. The molecule has 1 N–H and O–H groups in total. The van der Waals surface area contributed by atoms with Gasteiger partial charge in [-0.15, -0.1) is 0 Å². The van der Waals surface area contributed by atoms with Gasteiger partial charge in [-0.2, -0.15) is 26.3 Å². The molecule has 0 spiro atoms. The molecule has 1 aromatic carbocycles. The molecule has 0 aliphatic carbocycles. The van der Waals surface area contributed by atoms with Gasteiger partial charge in [0, 0.05) is 13.1 Å². The number of alkyl halides is 6. The zero-order valence-electron chi connectivity index (χ0n) is 14.7. The number of aliphatic imine (C=N–C) groups is 1. The smallest absolute Gasteiger partial charge is 0.370 e. The number of guanidine groups is 1. The minimum Gasteiger partial charge on any atom is -0.370 e. The molecule has 27 heavy (non-hydrogen) atoms. The Morgan fingerprint density at radius 2 is 2.00 bits per heavy atom. The number of nitrogens with zero attached hydrogens (tertiary/aromatic N) is 2. The third-order valence-corrected chi connectivity index (χ3v) is 3.94. The Balaban J connectivity index is 2.12. The van der Waals surface area contributed by atoms with Crippen LogP contribution in [0.5, 0.6) is 0 Å². The molecule has 1 aromatic rings. The van der Waals surface area contributed by atoms with Crippen LogP contribution in [0.15, 0.2) is 29.3 Å². The number of benzene rings is 1. The van der Waals surface area contributed by atoms with Crippen LogP contribution in [0.3, 0.4) is 0 Å². The highest BCUT2D eigenvalue weighted by molar-refractivity contribution is 5.80. The summed E-state index contributed by atoms with van der Waals surface area (Å²) >= 11 is 0. The average Bonchev–Trinajstić information content (AvgIpc) is 2.59.